The van der Waals surface area contributed by atoms with Gasteiger partial charge in [-0.1, -0.05) is 5.16 Å². The predicted octanol–water partition coefficient (Wildman–Crippen LogP) is 1.71. The maximum Gasteiger partial charge on any atom is 0.170 e. The highest BCUT2D eigenvalue weighted by molar-refractivity contribution is 5.97. The highest BCUT2D eigenvalue weighted by atomic mass is 19.1. The van der Waals surface area contributed by atoms with Crippen LogP contribution >= 0.6 is 0 Å². The molecule has 1 rings (SSSR count). The SMILES string of the molecule is CC(C)Oc1ccc(/C(N)=N/O)cc1F. The first kappa shape index (κ1) is 11.3. The maximum absolute atomic E-state index is 13.4. The summed E-state index contributed by atoms with van der Waals surface area (Å²) in [6, 6.07) is 4.13. The normalized spacial score (nSPS) is 11.9. The lowest BCUT2D eigenvalue weighted by Gasteiger charge is -2.10. The van der Waals surface area contributed by atoms with Gasteiger partial charge in [0.1, 0.15) is 0 Å². The molecule has 0 aliphatic rings. The first-order chi connectivity index (χ1) is 7.04. The zero-order valence-corrected chi connectivity index (χ0v) is 8.57. The van der Waals surface area contributed by atoms with E-state index in [9.17, 15) is 4.39 Å². The minimum Gasteiger partial charge on any atom is -0.488 e. The van der Waals surface area contributed by atoms with Crippen molar-refractivity contribution in [2.45, 2.75) is 20.0 Å². The Balaban J connectivity index is 2.98. The Morgan fingerprint density at radius 2 is 2.20 bits per heavy atom. The van der Waals surface area contributed by atoms with Gasteiger partial charge in [-0.25, -0.2) is 4.39 Å². The highest BCUT2D eigenvalue weighted by Crippen LogP contribution is 2.19. The van der Waals surface area contributed by atoms with Gasteiger partial charge in [0, 0.05) is 5.56 Å². The summed E-state index contributed by atoms with van der Waals surface area (Å²) in [6.45, 7) is 3.60. The second kappa shape index (κ2) is 4.63. The van der Waals surface area contributed by atoms with Gasteiger partial charge in [-0.15, -0.1) is 0 Å². The molecule has 4 nitrogen and oxygen atoms in total. The van der Waals surface area contributed by atoms with Crippen molar-refractivity contribution >= 4 is 5.84 Å². The van der Waals surface area contributed by atoms with E-state index in [2.05, 4.69) is 5.16 Å². The van der Waals surface area contributed by atoms with E-state index in [0.29, 0.717) is 5.56 Å². The monoisotopic (exact) mass is 212 g/mol. The van der Waals surface area contributed by atoms with Gasteiger partial charge >= 0.3 is 0 Å². The second-order valence-corrected chi connectivity index (χ2v) is 3.30. The third-order valence-corrected chi connectivity index (χ3v) is 1.70. The number of ether oxygens (including phenoxy) is 1. The first-order valence-corrected chi connectivity index (χ1v) is 4.48. The molecule has 3 N–H and O–H groups in total. The Morgan fingerprint density at radius 3 is 2.67 bits per heavy atom. The molecule has 1 aromatic rings. The van der Waals surface area contributed by atoms with Crippen molar-refractivity contribution in [1.82, 2.24) is 0 Å². The van der Waals surface area contributed by atoms with E-state index in [1.807, 2.05) is 0 Å². The summed E-state index contributed by atoms with van der Waals surface area (Å²) >= 11 is 0. The van der Waals surface area contributed by atoms with Crippen LogP contribution in [0.5, 0.6) is 5.75 Å². The quantitative estimate of drug-likeness (QED) is 0.347. The van der Waals surface area contributed by atoms with Gasteiger partial charge in [-0.05, 0) is 32.0 Å². The molecule has 15 heavy (non-hydrogen) atoms. The number of oxime groups is 1. The number of amidine groups is 1. The summed E-state index contributed by atoms with van der Waals surface area (Å²) in [5.41, 5.74) is 5.62. The fraction of sp³-hybridized carbons (Fsp3) is 0.300. The minimum atomic E-state index is -0.534. The molecule has 0 bridgehead atoms. The van der Waals surface area contributed by atoms with Crippen LogP contribution in [0.15, 0.2) is 23.4 Å². The summed E-state index contributed by atoms with van der Waals surface area (Å²) in [5, 5.41) is 11.2. The molecule has 0 aliphatic carbocycles. The molecule has 0 aliphatic heterocycles. The lowest BCUT2D eigenvalue weighted by atomic mass is 10.2. The van der Waals surface area contributed by atoms with Crippen molar-refractivity contribution in [1.29, 1.82) is 0 Å². The summed E-state index contributed by atoms with van der Waals surface area (Å²) in [7, 11) is 0. The Labute approximate surface area is 87.2 Å². The molecular weight excluding hydrogens is 199 g/mol. The standard InChI is InChI=1S/C10H13FN2O2/c1-6(2)15-9-4-3-7(5-8(9)11)10(12)13-14/h3-6,14H,1-2H3,(H2,12,13). The van der Waals surface area contributed by atoms with E-state index in [0.717, 1.165) is 6.07 Å². The highest BCUT2D eigenvalue weighted by Gasteiger charge is 2.08. The van der Waals surface area contributed by atoms with Crippen LogP contribution in [0.25, 0.3) is 0 Å². The van der Waals surface area contributed by atoms with Crippen LogP contribution in [0.3, 0.4) is 0 Å². The van der Waals surface area contributed by atoms with E-state index < -0.39 is 5.82 Å². The third kappa shape index (κ3) is 2.83. The summed E-state index contributed by atoms with van der Waals surface area (Å²) in [5.74, 6) is -0.516. The van der Waals surface area contributed by atoms with Crippen LogP contribution in [0.2, 0.25) is 0 Å². The average Bonchev–Trinajstić information content (AvgIpc) is 2.19. The van der Waals surface area contributed by atoms with Crippen LogP contribution < -0.4 is 10.5 Å². The Hall–Kier alpha value is -1.78. The number of nitrogens with zero attached hydrogens (tertiary/aromatic N) is 1. The summed E-state index contributed by atoms with van der Waals surface area (Å²) in [4.78, 5) is 0. The van der Waals surface area contributed by atoms with Gasteiger partial charge in [0.2, 0.25) is 0 Å². The molecule has 0 saturated carbocycles. The molecule has 82 valence electrons. The Morgan fingerprint density at radius 1 is 1.53 bits per heavy atom. The molecule has 0 radical (unpaired) electrons. The molecule has 0 heterocycles. The number of rotatable bonds is 3. The van der Waals surface area contributed by atoms with E-state index in [1.165, 1.54) is 12.1 Å². The molecule has 0 atom stereocenters. The lowest BCUT2D eigenvalue weighted by molar-refractivity contribution is 0.231. The van der Waals surface area contributed by atoms with Crippen LogP contribution in [-0.4, -0.2) is 17.1 Å². The van der Waals surface area contributed by atoms with Crippen LogP contribution in [0, 0.1) is 5.82 Å². The Kier molecular flexibility index (Phi) is 3.49. The van der Waals surface area contributed by atoms with Crippen molar-refractivity contribution in [3.63, 3.8) is 0 Å². The number of hydrogen-bond donors (Lipinski definition) is 2. The number of hydrogen-bond acceptors (Lipinski definition) is 3. The predicted molar refractivity (Wildman–Crippen MR) is 54.7 cm³/mol. The van der Waals surface area contributed by atoms with Gasteiger partial charge in [-0.2, -0.15) is 0 Å². The van der Waals surface area contributed by atoms with Gasteiger partial charge in [0.05, 0.1) is 6.10 Å². The van der Waals surface area contributed by atoms with Gasteiger partial charge in [-0.3, -0.25) is 0 Å². The van der Waals surface area contributed by atoms with Crippen molar-refractivity contribution in [3.8, 4) is 5.75 Å². The summed E-state index contributed by atoms with van der Waals surface area (Å²) in [6.07, 6.45) is -0.103. The molecule has 0 amide bonds. The van der Waals surface area contributed by atoms with Crippen molar-refractivity contribution in [2.24, 2.45) is 10.9 Å². The zero-order chi connectivity index (χ0) is 11.4. The summed E-state index contributed by atoms with van der Waals surface area (Å²) < 4.78 is 18.6. The molecule has 0 aromatic heterocycles. The van der Waals surface area contributed by atoms with Crippen molar-refractivity contribution in [2.75, 3.05) is 0 Å². The van der Waals surface area contributed by atoms with Gasteiger partial charge < -0.3 is 15.7 Å². The van der Waals surface area contributed by atoms with Gasteiger partial charge in [0.15, 0.2) is 17.4 Å². The van der Waals surface area contributed by atoms with Crippen LogP contribution in [0.1, 0.15) is 19.4 Å². The van der Waals surface area contributed by atoms with Crippen molar-refractivity contribution in [3.05, 3.63) is 29.6 Å². The lowest BCUT2D eigenvalue weighted by Crippen LogP contribution is -2.14. The largest absolute Gasteiger partial charge is 0.488 e. The molecule has 0 unspecified atom stereocenters. The average molecular weight is 212 g/mol. The van der Waals surface area contributed by atoms with E-state index in [1.54, 1.807) is 13.8 Å². The zero-order valence-electron chi connectivity index (χ0n) is 8.57. The minimum absolute atomic E-state index is 0.103. The maximum atomic E-state index is 13.4. The van der Waals surface area contributed by atoms with Crippen LogP contribution in [-0.2, 0) is 0 Å². The van der Waals surface area contributed by atoms with Crippen LogP contribution in [0.4, 0.5) is 4.39 Å². The second-order valence-electron chi connectivity index (χ2n) is 3.30. The fourth-order valence-corrected chi connectivity index (χ4v) is 1.07. The molecular formula is C10H13FN2O2. The number of nitrogens with two attached hydrogens (primary N) is 1. The smallest absolute Gasteiger partial charge is 0.170 e. The van der Waals surface area contributed by atoms with E-state index in [4.69, 9.17) is 15.7 Å². The van der Waals surface area contributed by atoms with Crippen molar-refractivity contribution < 1.29 is 14.3 Å². The van der Waals surface area contributed by atoms with Gasteiger partial charge in [0.25, 0.3) is 0 Å². The molecule has 1 aromatic carbocycles. The number of halogens is 1. The van der Waals surface area contributed by atoms with E-state index in [-0.39, 0.29) is 17.7 Å². The topological polar surface area (TPSA) is 67.8 Å². The first-order valence-electron chi connectivity index (χ1n) is 4.48. The Bertz CT molecular complexity index is 378. The third-order valence-electron chi connectivity index (χ3n) is 1.70. The number of benzene rings is 1. The molecule has 0 spiro atoms. The fourth-order valence-electron chi connectivity index (χ4n) is 1.07. The van der Waals surface area contributed by atoms with E-state index >= 15 is 0 Å². The molecule has 0 fully saturated rings. The molecule has 0 saturated heterocycles. The molecule has 5 heteroatoms.